The van der Waals surface area contributed by atoms with Crippen LogP contribution in [-0.2, 0) is 22.2 Å². The molecule has 148 valence electrons. The Bertz CT molecular complexity index is 897. The lowest BCUT2D eigenvalue weighted by molar-refractivity contribution is -0.137. The van der Waals surface area contributed by atoms with Gasteiger partial charge in [0.25, 0.3) is 0 Å². The Hall–Kier alpha value is -3.03. The molecule has 3 N–H and O–H groups in total. The van der Waals surface area contributed by atoms with Gasteiger partial charge < -0.3 is 15.8 Å². The number of amides is 2. The van der Waals surface area contributed by atoms with E-state index in [2.05, 4.69) is 5.32 Å². The van der Waals surface area contributed by atoms with E-state index in [0.717, 1.165) is 11.6 Å². The van der Waals surface area contributed by atoms with Gasteiger partial charge in [0, 0.05) is 24.8 Å². The highest BCUT2D eigenvalue weighted by Crippen LogP contribution is 2.43. The summed E-state index contributed by atoms with van der Waals surface area (Å²) in [5.41, 5.74) is 5.49. The summed E-state index contributed by atoms with van der Waals surface area (Å²) in [6.45, 7) is 0.187. The van der Waals surface area contributed by atoms with Crippen molar-refractivity contribution in [2.24, 2.45) is 5.73 Å². The first-order valence-electron chi connectivity index (χ1n) is 8.76. The fourth-order valence-electron chi connectivity index (χ4n) is 3.18. The Morgan fingerprint density at radius 2 is 1.79 bits per heavy atom. The van der Waals surface area contributed by atoms with Crippen molar-refractivity contribution in [3.05, 3.63) is 53.6 Å². The van der Waals surface area contributed by atoms with E-state index in [9.17, 15) is 22.8 Å². The third-order valence-corrected chi connectivity index (χ3v) is 4.48. The van der Waals surface area contributed by atoms with E-state index in [-0.39, 0.29) is 30.9 Å². The molecule has 5 nitrogen and oxygen atoms in total. The van der Waals surface area contributed by atoms with Crippen LogP contribution in [0.1, 0.15) is 24.0 Å². The van der Waals surface area contributed by atoms with E-state index in [0.29, 0.717) is 17.7 Å². The number of alkyl halides is 3. The van der Waals surface area contributed by atoms with Crippen LogP contribution in [0.3, 0.4) is 0 Å². The largest absolute Gasteiger partial charge is 0.487 e. The van der Waals surface area contributed by atoms with Crippen molar-refractivity contribution >= 4 is 11.8 Å². The third-order valence-electron chi connectivity index (χ3n) is 4.48. The molecular formula is C20H19F3N2O3. The van der Waals surface area contributed by atoms with Crippen LogP contribution in [0.2, 0.25) is 0 Å². The van der Waals surface area contributed by atoms with Crippen LogP contribution in [0.15, 0.2) is 42.5 Å². The summed E-state index contributed by atoms with van der Waals surface area (Å²) in [5.74, 6) is -0.496. The van der Waals surface area contributed by atoms with Crippen LogP contribution in [0.4, 0.5) is 13.2 Å². The normalized spacial score (nSPS) is 15.6. The molecule has 0 radical (unpaired) electrons. The molecule has 0 spiro atoms. The van der Waals surface area contributed by atoms with Gasteiger partial charge in [0.05, 0.1) is 12.1 Å². The molecule has 0 bridgehead atoms. The lowest BCUT2D eigenvalue weighted by Crippen LogP contribution is -2.34. The van der Waals surface area contributed by atoms with E-state index in [1.807, 2.05) is 0 Å². The second-order valence-electron chi connectivity index (χ2n) is 6.55. The maximum Gasteiger partial charge on any atom is 0.417 e. The first kappa shape index (κ1) is 19.7. The van der Waals surface area contributed by atoms with Crippen LogP contribution in [0.25, 0.3) is 11.1 Å². The van der Waals surface area contributed by atoms with Gasteiger partial charge in [0.15, 0.2) is 0 Å². The predicted octanol–water partition coefficient (Wildman–Crippen LogP) is 3.06. The molecule has 1 aliphatic heterocycles. The van der Waals surface area contributed by atoms with Crippen molar-refractivity contribution in [2.75, 3.05) is 6.54 Å². The number of carbonyl (C=O) groups excluding carboxylic acids is 2. The monoisotopic (exact) mass is 392 g/mol. The molecular weight excluding hydrogens is 373 g/mol. The van der Waals surface area contributed by atoms with Gasteiger partial charge in [-0.25, -0.2) is 0 Å². The van der Waals surface area contributed by atoms with Crippen LogP contribution < -0.4 is 15.8 Å². The molecule has 0 saturated carbocycles. The summed E-state index contributed by atoms with van der Waals surface area (Å²) < 4.78 is 46.0. The topological polar surface area (TPSA) is 81.4 Å². The van der Waals surface area contributed by atoms with Gasteiger partial charge in [-0.15, -0.1) is 0 Å². The number of halogens is 3. The van der Waals surface area contributed by atoms with E-state index in [1.54, 1.807) is 24.3 Å². The molecule has 1 atom stereocenters. The zero-order chi connectivity index (χ0) is 20.3. The number of nitrogens with two attached hydrogens (primary N) is 1. The molecule has 2 amide bonds. The second-order valence-corrected chi connectivity index (χ2v) is 6.55. The summed E-state index contributed by atoms with van der Waals surface area (Å²) in [5, 5.41) is 2.66. The zero-order valence-electron chi connectivity index (χ0n) is 14.9. The van der Waals surface area contributed by atoms with Gasteiger partial charge in [-0.2, -0.15) is 13.2 Å². The Labute approximate surface area is 159 Å². The summed E-state index contributed by atoms with van der Waals surface area (Å²) >= 11 is 0. The number of hydrogen-bond donors (Lipinski definition) is 2. The first-order chi connectivity index (χ1) is 13.3. The Morgan fingerprint density at radius 3 is 2.50 bits per heavy atom. The van der Waals surface area contributed by atoms with Crippen LogP contribution in [0, 0.1) is 0 Å². The van der Waals surface area contributed by atoms with E-state index >= 15 is 0 Å². The SMILES string of the molecule is NC(=O)CCC(=O)NCC1Cc2cccc(-c3ccccc3C(F)(F)F)c2O1. The molecule has 2 aromatic carbocycles. The average Bonchev–Trinajstić information content (AvgIpc) is 3.07. The molecule has 3 rings (SSSR count). The molecule has 0 aliphatic carbocycles. The predicted molar refractivity (Wildman–Crippen MR) is 96.4 cm³/mol. The van der Waals surface area contributed by atoms with Crippen molar-refractivity contribution in [3.63, 3.8) is 0 Å². The average molecular weight is 392 g/mol. The number of primary amides is 1. The van der Waals surface area contributed by atoms with E-state index < -0.39 is 23.8 Å². The van der Waals surface area contributed by atoms with Gasteiger partial charge >= 0.3 is 6.18 Å². The summed E-state index contributed by atoms with van der Waals surface area (Å²) in [4.78, 5) is 22.4. The van der Waals surface area contributed by atoms with Crippen molar-refractivity contribution in [1.29, 1.82) is 0 Å². The van der Waals surface area contributed by atoms with Gasteiger partial charge in [0.2, 0.25) is 11.8 Å². The molecule has 1 unspecified atom stereocenters. The van der Waals surface area contributed by atoms with Crippen LogP contribution >= 0.6 is 0 Å². The first-order valence-corrected chi connectivity index (χ1v) is 8.76. The summed E-state index contributed by atoms with van der Waals surface area (Å²) in [6, 6.07) is 10.4. The minimum Gasteiger partial charge on any atom is -0.487 e. The Balaban J connectivity index is 1.76. The number of fused-ring (bicyclic) bond motifs is 1. The van der Waals surface area contributed by atoms with Crippen LogP contribution in [-0.4, -0.2) is 24.5 Å². The summed E-state index contributed by atoms with van der Waals surface area (Å²) in [7, 11) is 0. The highest BCUT2D eigenvalue weighted by Gasteiger charge is 2.35. The maximum absolute atomic E-state index is 13.4. The van der Waals surface area contributed by atoms with Gasteiger partial charge in [-0.1, -0.05) is 36.4 Å². The third kappa shape index (κ3) is 4.44. The fraction of sp³-hybridized carbons (Fsp3) is 0.300. The number of rotatable bonds is 6. The Morgan fingerprint density at radius 1 is 1.07 bits per heavy atom. The second kappa shape index (κ2) is 7.92. The minimum absolute atomic E-state index is 0.0147. The lowest BCUT2D eigenvalue weighted by atomic mass is 9.96. The van der Waals surface area contributed by atoms with E-state index in [1.165, 1.54) is 12.1 Å². The van der Waals surface area contributed by atoms with Crippen molar-refractivity contribution in [1.82, 2.24) is 5.32 Å². The molecule has 2 aromatic rings. The number of benzene rings is 2. The maximum atomic E-state index is 13.4. The standard InChI is InChI=1S/C20H19F3N2O3/c21-20(22,23)16-7-2-1-5-14(16)15-6-3-4-12-10-13(28-19(12)15)11-25-18(27)9-8-17(24)26/h1-7,13H,8-11H2,(H2,24,26)(H,25,27). The van der Waals surface area contributed by atoms with Gasteiger partial charge in [0.1, 0.15) is 11.9 Å². The number of hydrogen-bond acceptors (Lipinski definition) is 3. The molecule has 8 heteroatoms. The van der Waals surface area contributed by atoms with Gasteiger partial charge in [-0.05, 0) is 17.2 Å². The molecule has 0 fully saturated rings. The number of para-hydroxylation sites is 1. The smallest absolute Gasteiger partial charge is 0.417 e. The summed E-state index contributed by atoms with van der Waals surface area (Å²) in [6.07, 6.45) is -4.47. The lowest BCUT2D eigenvalue weighted by Gasteiger charge is -2.16. The zero-order valence-corrected chi connectivity index (χ0v) is 14.9. The quantitative estimate of drug-likeness (QED) is 0.793. The molecule has 1 heterocycles. The van der Waals surface area contributed by atoms with Gasteiger partial charge in [-0.3, -0.25) is 9.59 Å². The minimum atomic E-state index is -4.48. The fourth-order valence-corrected chi connectivity index (χ4v) is 3.18. The Kier molecular flexibility index (Phi) is 5.58. The number of nitrogens with one attached hydrogen (secondary N) is 1. The highest BCUT2D eigenvalue weighted by molar-refractivity contribution is 5.82. The van der Waals surface area contributed by atoms with Crippen molar-refractivity contribution < 1.29 is 27.5 Å². The number of ether oxygens (including phenoxy) is 1. The molecule has 1 aliphatic rings. The molecule has 0 aromatic heterocycles. The molecule has 0 saturated heterocycles. The molecule has 28 heavy (non-hydrogen) atoms. The van der Waals surface area contributed by atoms with Crippen molar-refractivity contribution in [2.45, 2.75) is 31.5 Å². The number of carbonyl (C=O) groups is 2. The highest BCUT2D eigenvalue weighted by atomic mass is 19.4. The van der Waals surface area contributed by atoms with Crippen molar-refractivity contribution in [3.8, 4) is 16.9 Å². The van der Waals surface area contributed by atoms with E-state index in [4.69, 9.17) is 10.5 Å². The van der Waals surface area contributed by atoms with Crippen LogP contribution in [0.5, 0.6) is 5.75 Å².